The molecule has 0 aromatic heterocycles. The van der Waals surface area contributed by atoms with E-state index in [9.17, 15) is 5.11 Å². The maximum Gasteiger partial charge on any atom is 0.0543 e. The van der Waals surface area contributed by atoms with E-state index in [1.165, 1.54) is 51.4 Å². The number of hydrogen-bond acceptors (Lipinski definition) is 1. The van der Waals surface area contributed by atoms with Crippen LogP contribution in [0.4, 0.5) is 0 Å². The van der Waals surface area contributed by atoms with E-state index in [1.807, 2.05) is 5.57 Å². The molecule has 0 aliphatic heterocycles. The van der Waals surface area contributed by atoms with E-state index in [4.69, 9.17) is 0 Å². The minimum Gasteiger partial charge on any atom is -0.393 e. The predicted octanol–water partition coefficient (Wildman–Crippen LogP) is 8.34. The molecule has 0 radical (unpaired) electrons. The van der Waals surface area contributed by atoms with Crippen molar-refractivity contribution in [1.29, 1.82) is 0 Å². The average molecular weight is 427 g/mol. The molecule has 0 heterocycles. The third-order valence-corrected chi connectivity index (χ3v) is 11.6. The fourth-order valence-corrected chi connectivity index (χ4v) is 9.19. The first kappa shape index (κ1) is 23.6. The van der Waals surface area contributed by atoms with Crippen LogP contribution in [-0.4, -0.2) is 11.2 Å². The largest absolute Gasteiger partial charge is 0.393 e. The topological polar surface area (TPSA) is 20.2 Å². The van der Waals surface area contributed by atoms with Crippen LogP contribution in [0.5, 0.6) is 0 Å². The van der Waals surface area contributed by atoms with Crippen LogP contribution in [0.15, 0.2) is 23.3 Å². The fraction of sp³-hybridized carbons (Fsp3) is 0.867. The first-order valence-corrected chi connectivity index (χ1v) is 13.6. The van der Waals surface area contributed by atoms with Crippen LogP contribution in [0.25, 0.3) is 0 Å². The summed E-state index contributed by atoms with van der Waals surface area (Å²) >= 11 is 0. The van der Waals surface area contributed by atoms with Crippen LogP contribution < -0.4 is 0 Å². The molecule has 0 saturated heterocycles. The quantitative estimate of drug-likeness (QED) is 0.438. The van der Waals surface area contributed by atoms with Gasteiger partial charge in [-0.25, -0.2) is 0 Å². The smallest absolute Gasteiger partial charge is 0.0543 e. The van der Waals surface area contributed by atoms with Gasteiger partial charge in [-0.3, -0.25) is 0 Å². The van der Waals surface area contributed by atoms with Crippen LogP contribution in [0.2, 0.25) is 0 Å². The zero-order chi connectivity index (χ0) is 22.6. The lowest BCUT2D eigenvalue weighted by Gasteiger charge is -2.61. The number of fused-ring (bicyclic) bond motifs is 5. The van der Waals surface area contributed by atoms with Gasteiger partial charge in [-0.1, -0.05) is 64.8 Å². The molecule has 0 aromatic rings. The van der Waals surface area contributed by atoms with Gasteiger partial charge in [0, 0.05) is 0 Å². The van der Waals surface area contributed by atoms with Crippen molar-refractivity contribution in [2.45, 2.75) is 119 Å². The minimum absolute atomic E-state index is 0.0536. The van der Waals surface area contributed by atoms with Crippen molar-refractivity contribution >= 4 is 0 Å². The summed E-state index contributed by atoms with van der Waals surface area (Å²) in [4.78, 5) is 0. The van der Waals surface area contributed by atoms with Crippen molar-refractivity contribution < 1.29 is 5.11 Å². The standard InChI is InChI=1S/C30H50O/c1-8-22(20(2)3)10-9-21(4)25-14-17-30(7)27-12-11-23-19-24(31)13-16-28(23,5)26(27)15-18-29(25,30)6/h8,12,20-21,23-26,31H,9-11,13-19H2,1-7H3. The number of allylic oxidation sites excluding steroid dienone is 4. The maximum absolute atomic E-state index is 10.3. The Labute approximate surface area is 193 Å². The van der Waals surface area contributed by atoms with Crippen molar-refractivity contribution in [3.63, 3.8) is 0 Å². The monoisotopic (exact) mass is 426 g/mol. The molecular weight excluding hydrogens is 376 g/mol. The second-order valence-corrected chi connectivity index (χ2v) is 13.0. The van der Waals surface area contributed by atoms with E-state index in [1.54, 1.807) is 5.57 Å². The van der Waals surface area contributed by atoms with Crippen LogP contribution >= 0.6 is 0 Å². The Kier molecular flexibility index (Phi) is 6.35. The SMILES string of the molecule is CC=C(CCC(C)C1CCC2(C)C3=CCC4CC(O)CCC4(C)C3CCC12C)C(C)C. The highest BCUT2D eigenvalue weighted by atomic mass is 16.3. The summed E-state index contributed by atoms with van der Waals surface area (Å²) < 4.78 is 0. The van der Waals surface area contributed by atoms with Gasteiger partial charge in [0.15, 0.2) is 0 Å². The van der Waals surface area contributed by atoms with Crippen molar-refractivity contribution in [2.24, 2.45) is 45.8 Å². The molecule has 4 aliphatic rings. The van der Waals surface area contributed by atoms with Gasteiger partial charge in [0.1, 0.15) is 0 Å². The third kappa shape index (κ3) is 3.60. The molecule has 0 bridgehead atoms. The molecule has 1 nitrogen and oxygen atoms in total. The summed E-state index contributed by atoms with van der Waals surface area (Å²) in [6, 6.07) is 0. The highest BCUT2D eigenvalue weighted by Crippen LogP contribution is 2.72. The van der Waals surface area contributed by atoms with Gasteiger partial charge in [-0.15, -0.1) is 0 Å². The van der Waals surface area contributed by atoms with Gasteiger partial charge in [0.25, 0.3) is 0 Å². The normalized spacial score (nSPS) is 46.2. The molecule has 3 saturated carbocycles. The zero-order valence-electron chi connectivity index (χ0n) is 21.6. The van der Waals surface area contributed by atoms with Crippen LogP contribution in [-0.2, 0) is 0 Å². The first-order valence-electron chi connectivity index (χ1n) is 13.6. The van der Waals surface area contributed by atoms with Gasteiger partial charge in [0.05, 0.1) is 6.10 Å². The van der Waals surface area contributed by atoms with Gasteiger partial charge < -0.3 is 5.11 Å². The lowest BCUT2D eigenvalue weighted by Crippen LogP contribution is -2.53. The van der Waals surface area contributed by atoms with E-state index >= 15 is 0 Å². The molecule has 0 amide bonds. The number of rotatable bonds is 5. The van der Waals surface area contributed by atoms with Crippen molar-refractivity contribution in [3.05, 3.63) is 23.3 Å². The Morgan fingerprint density at radius 1 is 1.10 bits per heavy atom. The number of aliphatic hydroxyl groups excluding tert-OH is 1. The summed E-state index contributed by atoms with van der Waals surface area (Å²) in [5, 5.41) is 10.3. The Morgan fingerprint density at radius 2 is 1.84 bits per heavy atom. The Bertz CT molecular complexity index is 731. The van der Waals surface area contributed by atoms with Crippen molar-refractivity contribution in [1.82, 2.24) is 0 Å². The molecular formula is C30H50O. The van der Waals surface area contributed by atoms with Crippen molar-refractivity contribution in [2.75, 3.05) is 0 Å². The van der Waals surface area contributed by atoms with Crippen LogP contribution in [0, 0.1) is 45.8 Å². The lowest BCUT2D eigenvalue weighted by molar-refractivity contribution is -0.0627. The predicted molar refractivity (Wildman–Crippen MR) is 133 cm³/mol. The summed E-state index contributed by atoms with van der Waals surface area (Å²) in [6.45, 7) is 17.4. The van der Waals surface area contributed by atoms with E-state index in [-0.39, 0.29) is 6.10 Å². The number of aliphatic hydroxyl groups is 1. The molecule has 8 unspecified atom stereocenters. The third-order valence-electron chi connectivity index (χ3n) is 11.6. The van der Waals surface area contributed by atoms with Gasteiger partial charge >= 0.3 is 0 Å². The molecule has 4 aliphatic carbocycles. The van der Waals surface area contributed by atoms with E-state index in [0.29, 0.717) is 28.1 Å². The molecule has 0 aromatic carbocycles. The second kappa shape index (κ2) is 8.34. The Hall–Kier alpha value is -0.560. The first-order chi connectivity index (χ1) is 14.6. The van der Waals surface area contributed by atoms with Crippen LogP contribution in [0.1, 0.15) is 113 Å². The molecule has 1 heteroatoms. The molecule has 0 spiro atoms. The Balaban J connectivity index is 1.55. The average Bonchev–Trinajstić information content (AvgIpc) is 3.00. The molecule has 1 N–H and O–H groups in total. The highest BCUT2D eigenvalue weighted by Gasteiger charge is 2.63. The van der Waals surface area contributed by atoms with Gasteiger partial charge in [0.2, 0.25) is 0 Å². The Morgan fingerprint density at radius 3 is 2.52 bits per heavy atom. The van der Waals surface area contributed by atoms with E-state index < -0.39 is 0 Å². The molecule has 176 valence electrons. The molecule has 31 heavy (non-hydrogen) atoms. The van der Waals surface area contributed by atoms with E-state index in [0.717, 1.165) is 30.6 Å². The van der Waals surface area contributed by atoms with Crippen molar-refractivity contribution in [3.8, 4) is 0 Å². The highest BCUT2D eigenvalue weighted by molar-refractivity contribution is 5.32. The maximum atomic E-state index is 10.3. The summed E-state index contributed by atoms with van der Waals surface area (Å²) in [7, 11) is 0. The lowest BCUT2D eigenvalue weighted by atomic mass is 9.43. The minimum atomic E-state index is -0.0536. The number of hydrogen-bond donors (Lipinski definition) is 1. The summed E-state index contributed by atoms with van der Waals surface area (Å²) in [6.07, 6.45) is 17.8. The molecule has 3 fully saturated rings. The van der Waals surface area contributed by atoms with E-state index in [2.05, 4.69) is 60.6 Å². The zero-order valence-corrected chi connectivity index (χ0v) is 21.6. The molecule has 8 atom stereocenters. The van der Waals surface area contributed by atoms with Crippen LogP contribution in [0.3, 0.4) is 0 Å². The van der Waals surface area contributed by atoms with Gasteiger partial charge in [-0.2, -0.15) is 0 Å². The second-order valence-electron chi connectivity index (χ2n) is 13.0. The molecule has 4 rings (SSSR count). The van der Waals surface area contributed by atoms with Gasteiger partial charge in [-0.05, 0) is 117 Å². The fourth-order valence-electron chi connectivity index (χ4n) is 9.19. The summed E-state index contributed by atoms with van der Waals surface area (Å²) in [5.41, 5.74) is 4.77. The summed E-state index contributed by atoms with van der Waals surface area (Å²) in [5.74, 6) is 3.83.